The van der Waals surface area contributed by atoms with Gasteiger partial charge in [0.25, 0.3) is 0 Å². The Morgan fingerprint density at radius 3 is 2.76 bits per heavy atom. The highest BCUT2D eigenvalue weighted by Gasteiger charge is 2.40. The zero-order valence-electron chi connectivity index (χ0n) is 18.5. The molecule has 0 aliphatic carbocycles. The lowest BCUT2D eigenvalue weighted by Crippen LogP contribution is -2.26. The molecule has 0 spiro atoms. The number of ether oxygens (including phenoxy) is 1. The molecular weight excluding hydrogens is 447 g/mol. The molecule has 0 saturated carbocycles. The molecule has 178 valence electrons. The first kappa shape index (κ1) is 22.4. The molecule has 34 heavy (non-hydrogen) atoms. The standard InChI is InChI=1S/C24H24F3N5O2/c1-33-21-12-16-7-9-28-13-17(16)11-19(21)30-23-29-14-18(24(25,26)27)22(31-23)32-20(8-10-34-32)15-5-3-2-4-6-15/h2-6,11-12,14,20,28H,7-10,13H2,1H3,(H,29,30,31). The number of rotatable bonds is 5. The van der Waals surface area contributed by atoms with E-state index in [4.69, 9.17) is 9.57 Å². The van der Waals surface area contributed by atoms with Crippen molar-refractivity contribution in [2.45, 2.75) is 31.6 Å². The fraction of sp³-hybridized carbons (Fsp3) is 0.333. The number of anilines is 3. The summed E-state index contributed by atoms with van der Waals surface area (Å²) in [5.41, 5.74) is 2.74. The largest absolute Gasteiger partial charge is 0.495 e. The minimum Gasteiger partial charge on any atom is -0.495 e. The van der Waals surface area contributed by atoms with Gasteiger partial charge in [-0.2, -0.15) is 18.2 Å². The van der Waals surface area contributed by atoms with Gasteiger partial charge in [0.1, 0.15) is 11.3 Å². The molecule has 1 saturated heterocycles. The van der Waals surface area contributed by atoms with E-state index in [0.29, 0.717) is 24.4 Å². The van der Waals surface area contributed by atoms with Gasteiger partial charge < -0.3 is 15.4 Å². The minimum atomic E-state index is -4.64. The highest BCUT2D eigenvalue weighted by atomic mass is 19.4. The number of fused-ring (bicyclic) bond motifs is 1. The normalized spacial score (nSPS) is 18.0. The van der Waals surface area contributed by atoms with Crippen molar-refractivity contribution in [1.82, 2.24) is 15.3 Å². The first-order valence-corrected chi connectivity index (χ1v) is 11.0. The number of halogens is 3. The zero-order valence-corrected chi connectivity index (χ0v) is 18.5. The third kappa shape index (κ3) is 4.38. The monoisotopic (exact) mass is 471 g/mol. The van der Waals surface area contributed by atoms with Gasteiger partial charge in [0.05, 0.1) is 25.4 Å². The first-order chi connectivity index (χ1) is 16.4. The highest BCUT2D eigenvalue weighted by Crippen LogP contribution is 2.42. The van der Waals surface area contributed by atoms with Gasteiger partial charge in [0.2, 0.25) is 5.95 Å². The summed E-state index contributed by atoms with van der Waals surface area (Å²) in [6.45, 7) is 1.87. The third-order valence-corrected chi connectivity index (χ3v) is 6.03. The molecule has 10 heteroatoms. The van der Waals surface area contributed by atoms with E-state index in [0.717, 1.165) is 30.3 Å². The van der Waals surface area contributed by atoms with Crippen LogP contribution in [0.1, 0.15) is 34.7 Å². The van der Waals surface area contributed by atoms with Crippen LogP contribution in [0, 0.1) is 0 Å². The number of alkyl halides is 3. The van der Waals surface area contributed by atoms with E-state index in [9.17, 15) is 13.2 Å². The summed E-state index contributed by atoms with van der Waals surface area (Å²) in [5, 5.41) is 7.61. The number of hydroxylamine groups is 1. The highest BCUT2D eigenvalue weighted by molar-refractivity contribution is 5.66. The van der Waals surface area contributed by atoms with Gasteiger partial charge >= 0.3 is 6.18 Å². The van der Waals surface area contributed by atoms with Gasteiger partial charge in [0.15, 0.2) is 5.82 Å². The number of hydrogen-bond acceptors (Lipinski definition) is 7. The molecule has 5 rings (SSSR count). The van der Waals surface area contributed by atoms with Crippen LogP contribution in [-0.4, -0.2) is 30.2 Å². The maximum Gasteiger partial charge on any atom is 0.421 e. The summed E-state index contributed by atoms with van der Waals surface area (Å²) in [6.07, 6.45) is -2.43. The molecule has 0 amide bonds. The van der Waals surface area contributed by atoms with Crippen LogP contribution in [0.4, 0.5) is 30.6 Å². The predicted octanol–water partition coefficient (Wildman–Crippen LogP) is 4.78. The average molecular weight is 471 g/mol. The topological polar surface area (TPSA) is 71.5 Å². The van der Waals surface area contributed by atoms with E-state index < -0.39 is 17.8 Å². The second-order valence-electron chi connectivity index (χ2n) is 8.18. The number of nitrogens with zero attached hydrogens (tertiary/aromatic N) is 3. The number of hydrogen-bond donors (Lipinski definition) is 2. The van der Waals surface area contributed by atoms with Gasteiger partial charge in [-0.15, -0.1) is 0 Å². The number of nitrogens with one attached hydrogen (secondary N) is 2. The van der Waals surface area contributed by atoms with Crippen molar-refractivity contribution in [2.75, 3.05) is 30.6 Å². The van der Waals surface area contributed by atoms with E-state index in [1.807, 2.05) is 42.5 Å². The van der Waals surface area contributed by atoms with Crippen molar-refractivity contribution < 1.29 is 22.7 Å². The Balaban J connectivity index is 1.53. The average Bonchev–Trinajstić information content (AvgIpc) is 3.33. The molecule has 7 nitrogen and oxygen atoms in total. The van der Waals surface area contributed by atoms with Crippen LogP contribution in [0.3, 0.4) is 0 Å². The molecule has 0 bridgehead atoms. The van der Waals surface area contributed by atoms with Crippen LogP contribution in [-0.2, 0) is 24.0 Å². The maximum atomic E-state index is 13.9. The lowest BCUT2D eigenvalue weighted by molar-refractivity contribution is -0.138. The molecule has 2 aromatic carbocycles. The molecule has 2 N–H and O–H groups in total. The minimum absolute atomic E-state index is 0.0207. The van der Waals surface area contributed by atoms with Crippen molar-refractivity contribution >= 4 is 17.5 Å². The second-order valence-corrected chi connectivity index (χ2v) is 8.18. The number of benzene rings is 2. The van der Waals surface area contributed by atoms with E-state index in [2.05, 4.69) is 20.6 Å². The van der Waals surface area contributed by atoms with Gasteiger partial charge in [-0.3, -0.25) is 4.84 Å². The van der Waals surface area contributed by atoms with Crippen molar-refractivity contribution in [3.05, 3.63) is 70.9 Å². The number of methoxy groups -OCH3 is 1. The molecule has 1 unspecified atom stereocenters. The number of aromatic nitrogens is 2. The van der Waals surface area contributed by atoms with Crippen molar-refractivity contribution in [3.63, 3.8) is 0 Å². The van der Waals surface area contributed by atoms with Crippen LogP contribution >= 0.6 is 0 Å². The van der Waals surface area contributed by atoms with Crippen LogP contribution in [0.2, 0.25) is 0 Å². The lowest BCUT2D eigenvalue weighted by Gasteiger charge is -2.26. The summed E-state index contributed by atoms with van der Waals surface area (Å²) in [5.74, 6) is 0.271. The van der Waals surface area contributed by atoms with Crippen LogP contribution in [0.15, 0.2) is 48.7 Å². The molecule has 3 aromatic rings. The van der Waals surface area contributed by atoms with Crippen LogP contribution < -0.4 is 20.4 Å². The Kier molecular flexibility index (Phi) is 6.01. The second kappa shape index (κ2) is 9.11. The Labute approximate surface area is 194 Å². The van der Waals surface area contributed by atoms with Gasteiger partial charge in [0, 0.05) is 19.2 Å². The lowest BCUT2D eigenvalue weighted by atomic mass is 10.00. The Morgan fingerprint density at radius 1 is 1.18 bits per heavy atom. The summed E-state index contributed by atoms with van der Waals surface area (Å²) in [7, 11) is 1.55. The Bertz CT molecular complexity index is 1170. The summed E-state index contributed by atoms with van der Waals surface area (Å²) >= 11 is 0. The predicted molar refractivity (Wildman–Crippen MR) is 121 cm³/mol. The van der Waals surface area contributed by atoms with E-state index >= 15 is 0 Å². The van der Waals surface area contributed by atoms with E-state index in [-0.39, 0.29) is 18.4 Å². The molecule has 2 aliphatic heterocycles. The molecule has 0 radical (unpaired) electrons. The van der Waals surface area contributed by atoms with Crippen molar-refractivity contribution in [3.8, 4) is 5.75 Å². The molecule has 1 fully saturated rings. The summed E-state index contributed by atoms with van der Waals surface area (Å²) < 4.78 is 47.2. The first-order valence-electron chi connectivity index (χ1n) is 11.0. The summed E-state index contributed by atoms with van der Waals surface area (Å²) in [6, 6.07) is 12.8. The molecule has 2 aliphatic rings. The molecule has 1 aromatic heterocycles. The molecule has 1 atom stereocenters. The quantitative estimate of drug-likeness (QED) is 0.555. The Hall–Kier alpha value is -3.37. The summed E-state index contributed by atoms with van der Waals surface area (Å²) in [4.78, 5) is 13.9. The smallest absolute Gasteiger partial charge is 0.421 e. The van der Waals surface area contributed by atoms with E-state index in [1.54, 1.807) is 7.11 Å². The molecule has 3 heterocycles. The van der Waals surface area contributed by atoms with Gasteiger partial charge in [-0.05, 0) is 41.8 Å². The van der Waals surface area contributed by atoms with Crippen molar-refractivity contribution in [2.24, 2.45) is 0 Å². The maximum absolute atomic E-state index is 13.9. The third-order valence-electron chi connectivity index (χ3n) is 6.03. The van der Waals surface area contributed by atoms with Crippen molar-refractivity contribution in [1.29, 1.82) is 0 Å². The SMILES string of the molecule is COc1cc2c(cc1Nc1ncc(C(F)(F)F)c(N3OCCC3c3ccccc3)n1)CNCC2. The fourth-order valence-electron chi connectivity index (χ4n) is 4.35. The van der Waals surface area contributed by atoms with Crippen LogP contribution in [0.5, 0.6) is 5.75 Å². The zero-order chi connectivity index (χ0) is 23.7. The Morgan fingerprint density at radius 2 is 2.00 bits per heavy atom. The van der Waals surface area contributed by atoms with Crippen LogP contribution in [0.25, 0.3) is 0 Å². The molecular formula is C24H24F3N5O2. The van der Waals surface area contributed by atoms with Gasteiger partial charge in [-0.25, -0.2) is 10.0 Å². The van der Waals surface area contributed by atoms with Gasteiger partial charge in [-0.1, -0.05) is 30.3 Å². The fourth-order valence-corrected chi connectivity index (χ4v) is 4.35. The van der Waals surface area contributed by atoms with E-state index in [1.165, 1.54) is 10.6 Å².